The fraction of sp³-hybridized carbons (Fsp3) is 0.200. The van der Waals surface area contributed by atoms with E-state index in [0.29, 0.717) is 11.0 Å². The van der Waals surface area contributed by atoms with E-state index in [4.69, 9.17) is 0 Å². The number of hydrogen-bond acceptors (Lipinski definition) is 1. The summed E-state index contributed by atoms with van der Waals surface area (Å²) in [6.45, 7) is 6.33. The Kier molecular flexibility index (Phi) is 3.48. The lowest BCUT2D eigenvalue weighted by atomic mass is 10.3. The van der Waals surface area contributed by atoms with Crippen molar-refractivity contribution in [2.45, 2.75) is 6.92 Å². The predicted octanol–water partition coefficient (Wildman–Crippen LogP) is 3.58. The summed E-state index contributed by atoms with van der Waals surface area (Å²) in [4.78, 5) is 0. The smallest absolute Gasteiger partial charge is 0.139 e. The summed E-state index contributed by atoms with van der Waals surface area (Å²) in [7, 11) is 0. The predicted molar refractivity (Wildman–Crippen MR) is 57.4 cm³/mol. The molecule has 0 aliphatic carbocycles. The molecule has 70 valence electrons. The van der Waals surface area contributed by atoms with E-state index in [-0.39, 0.29) is 5.82 Å². The van der Waals surface area contributed by atoms with Gasteiger partial charge in [0.15, 0.2) is 0 Å². The van der Waals surface area contributed by atoms with E-state index in [1.807, 2.05) is 13.0 Å². The van der Waals surface area contributed by atoms with Gasteiger partial charge < -0.3 is 5.32 Å². The first kappa shape index (κ1) is 10.3. The van der Waals surface area contributed by atoms with Crippen LogP contribution in [0, 0.1) is 5.82 Å². The average Bonchev–Trinajstić information content (AvgIpc) is 2.07. The Morgan fingerprint density at radius 3 is 2.85 bits per heavy atom. The minimum absolute atomic E-state index is 0.258. The summed E-state index contributed by atoms with van der Waals surface area (Å²) in [5.41, 5.74) is 1.78. The number of hydrogen-bond donors (Lipinski definition) is 1. The highest BCUT2D eigenvalue weighted by atomic mass is 79.9. The Morgan fingerprint density at radius 1 is 1.62 bits per heavy atom. The molecule has 0 spiro atoms. The molecule has 13 heavy (non-hydrogen) atoms. The summed E-state index contributed by atoms with van der Waals surface area (Å²) in [5.74, 6) is -0.258. The van der Waals surface area contributed by atoms with Crippen LogP contribution in [0.4, 0.5) is 10.1 Å². The standard InChI is InChI=1S/C10H11BrFN/c1-7(2)6-13-8-3-4-9(11)10(12)5-8/h3-5,13H,1,6H2,2H3. The number of nitrogens with one attached hydrogen (secondary N) is 1. The maximum Gasteiger partial charge on any atom is 0.139 e. The van der Waals surface area contributed by atoms with Crippen LogP contribution in [0.2, 0.25) is 0 Å². The van der Waals surface area contributed by atoms with E-state index in [0.717, 1.165) is 11.3 Å². The van der Waals surface area contributed by atoms with Crippen LogP contribution in [-0.2, 0) is 0 Å². The van der Waals surface area contributed by atoms with Crippen LogP contribution in [0.1, 0.15) is 6.92 Å². The Balaban J connectivity index is 2.68. The van der Waals surface area contributed by atoms with Gasteiger partial charge in [0.25, 0.3) is 0 Å². The molecule has 0 bridgehead atoms. The molecule has 1 aromatic carbocycles. The van der Waals surface area contributed by atoms with Gasteiger partial charge in [0.05, 0.1) is 4.47 Å². The molecule has 0 atom stereocenters. The number of anilines is 1. The zero-order chi connectivity index (χ0) is 9.84. The van der Waals surface area contributed by atoms with Gasteiger partial charge in [-0.05, 0) is 41.1 Å². The second-order valence-corrected chi connectivity index (χ2v) is 3.79. The first-order chi connectivity index (χ1) is 6.09. The van der Waals surface area contributed by atoms with Gasteiger partial charge in [-0.3, -0.25) is 0 Å². The van der Waals surface area contributed by atoms with Crippen LogP contribution in [-0.4, -0.2) is 6.54 Å². The Labute approximate surface area is 85.8 Å². The Morgan fingerprint density at radius 2 is 2.31 bits per heavy atom. The van der Waals surface area contributed by atoms with Crippen molar-refractivity contribution in [1.29, 1.82) is 0 Å². The van der Waals surface area contributed by atoms with Crippen molar-refractivity contribution in [2.24, 2.45) is 0 Å². The largest absolute Gasteiger partial charge is 0.381 e. The number of halogens is 2. The van der Waals surface area contributed by atoms with Crippen LogP contribution >= 0.6 is 15.9 Å². The molecule has 0 heterocycles. The minimum atomic E-state index is -0.258. The van der Waals surface area contributed by atoms with Crippen molar-refractivity contribution in [3.63, 3.8) is 0 Å². The molecular formula is C10H11BrFN. The molecule has 1 N–H and O–H groups in total. The maximum atomic E-state index is 13.0. The van der Waals surface area contributed by atoms with Crippen molar-refractivity contribution in [3.05, 3.63) is 40.6 Å². The zero-order valence-electron chi connectivity index (χ0n) is 7.40. The summed E-state index contributed by atoms with van der Waals surface area (Å²) in [5, 5.41) is 3.05. The monoisotopic (exact) mass is 243 g/mol. The quantitative estimate of drug-likeness (QED) is 0.801. The lowest BCUT2D eigenvalue weighted by Gasteiger charge is -2.06. The van der Waals surface area contributed by atoms with Gasteiger partial charge >= 0.3 is 0 Å². The first-order valence-electron chi connectivity index (χ1n) is 3.93. The van der Waals surface area contributed by atoms with E-state index < -0.39 is 0 Å². The maximum absolute atomic E-state index is 13.0. The Bertz CT molecular complexity index is 323. The molecule has 0 unspecified atom stereocenters. The summed E-state index contributed by atoms with van der Waals surface area (Å²) in [6, 6.07) is 4.94. The van der Waals surface area contributed by atoms with Crippen LogP contribution in [0.5, 0.6) is 0 Å². The Hall–Kier alpha value is -0.830. The molecule has 0 aromatic heterocycles. The van der Waals surface area contributed by atoms with Gasteiger partial charge in [0.2, 0.25) is 0 Å². The van der Waals surface area contributed by atoms with Gasteiger partial charge in [0, 0.05) is 12.2 Å². The van der Waals surface area contributed by atoms with Gasteiger partial charge in [-0.15, -0.1) is 0 Å². The first-order valence-corrected chi connectivity index (χ1v) is 4.72. The summed E-state index contributed by atoms with van der Waals surface area (Å²) < 4.78 is 13.5. The molecule has 0 radical (unpaired) electrons. The molecule has 0 aliphatic heterocycles. The summed E-state index contributed by atoms with van der Waals surface area (Å²) >= 11 is 3.09. The normalized spacial score (nSPS) is 9.77. The molecule has 0 fully saturated rings. The van der Waals surface area contributed by atoms with E-state index in [9.17, 15) is 4.39 Å². The minimum Gasteiger partial charge on any atom is -0.381 e. The van der Waals surface area contributed by atoms with Crippen LogP contribution in [0.25, 0.3) is 0 Å². The molecular weight excluding hydrogens is 233 g/mol. The molecule has 1 aromatic rings. The molecule has 3 heteroatoms. The third-order valence-corrected chi connectivity index (χ3v) is 2.16. The third-order valence-electron chi connectivity index (χ3n) is 1.51. The van der Waals surface area contributed by atoms with Crippen molar-refractivity contribution in [2.75, 3.05) is 11.9 Å². The highest BCUT2D eigenvalue weighted by molar-refractivity contribution is 9.10. The lowest BCUT2D eigenvalue weighted by Crippen LogP contribution is -2.01. The van der Waals surface area contributed by atoms with E-state index in [1.165, 1.54) is 6.07 Å². The topological polar surface area (TPSA) is 12.0 Å². The van der Waals surface area contributed by atoms with Gasteiger partial charge in [-0.25, -0.2) is 4.39 Å². The van der Waals surface area contributed by atoms with Gasteiger partial charge in [0.1, 0.15) is 5.82 Å². The van der Waals surface area contributed by atoms with Crippen molar-refractivity contribution in [1.82, 2.24) is 0 Å². The van der Waals surface area contributed by atoms with E-state index in [2.05, 4.69) is 27.8 Å². The molecule has 0 saturated heterocycles. The molecule has 1 nitrogen and oxygen atoms in total. The molecule has 0 aliphatic rings. The van der Waals surface area contributed by atoms with Crippen LogP contribution in [0.3, 0.4) is 0 Å². The van der Waals surface area contributed by atoms with Gasteiger partial charge in [-0.1, -0.05) is 12.2 Å². The van der Waals surface area contributed by atoms with Crippen molar-refractivity contribution < 1.29 is 4.39 Å². The molecule has 0 amide bonds. The molecule has 0 saturated carbocycles. The highest BCUT2D eigenvalue weighted by Crippen LogP contribution is 2.19. The van der Waals surface area contributed by atoms with Crippen molar-refractivity contribution >= 4 is 21.6 Å². The zero-order valence-corrected chi connectivity index (χ0v) is 8.99. The fourth-order valence-electron chi connectivity index (χ4n) is 0.859. The van der Waals surface area contributed by atoms with Crippen molar-refractivity contribution in [3.8, 4) is 0 Å². The second-order valence-electron chi connectivity index (χ2n) is 2.94. The summed E-state index contributed by atoms with van der Waals surface area (Å²) in [6.07, 6.45) is 0. The lowest BCUT2D eigenvalue weighted by molar-refractivity contribution is 0.621. The van der Waals surface area contributed by atoms with E-state index in [1.54, 1.807) is 6.07 Å². The van der Waals surface area contributed by atoms with Gasteiger partial charge in [-0.2, -0.15) is 0 Å². The highest BCUT2D eigenvalue weighted by Gasteiger charge is 1.99. The number of rotatable bonds is 3. The van der Waals surface area contributed by atoms with Crippen LogP contribution < -0.4 is 5.32 Å². The second kappa shape index (κ2) is 4.42. The van der Waals surface area contributed by atoms with E-state index >= 15 is 0 Å². The third kappa shape index (κ3) is 3.19. The number of benzene rings is 1. The fourth-order valence-corrected chi connectivity index (χ4v) is 1.11. The SMILES string of the molecule is C=C(C)CNc1ccc(Br)c(F)c1. The van der Waals surface area contributed by atoms with Crippen LogP contribution in [0.15, 0.2) is 34.8 Å². The average molecular weight is 244 g/mol. The molecule has 1 rings (SSSR count).